The summed E-state index contributed by atoms with van der Waals surface area (Å²) >= 11 is 5.70. The van der Waals surface area contributed by atoms with Crippen molar-refractivity contribution in [2.45, 2.75) is 6.36 Å². The fourth-order valence-electron chi connectivity index (χ4n) is 3.64. The fraction of sp³-hybridized carbons (Fsp3) is 0.0370. The summed E-state index contributed by atoms with van der Waals surface area (Å²) < 4.78 is 40.3. The number of imide groups is 2. The lowest BCUT2D eigenvalue weighted by atomic mass is 10.0. The molecule has 0 radical (unpaired) electrons. The van der Waals surface area contributed by atoms with E-state index in [0.29, 0.717) is 16.8 Å². The number of carbonyl (C=O) groups excluding carboxylic acids is 4. The van der Waals surface area contributed by atoms with E-state index in [-0.39, 0.29) is 27.6 Å². The third-order valence-corrected chi connectivity index (χ3v) is 5.65. The Morgan fingerprint density at radius 2 is 1.13 bits per heavy atom. The molecule has 0 fully saturated rings. The van der Waals surface area contributed by atoms with Gasteiger partial charge in [-0.3, -0.25) is 29.8 Å². The molecule has 0 saturated carbocycles. The summed E-state index contributed by atoms with van der Waals surface area (Å²) in [7, 11) is 0. The minimum atomic E-state index is -4.78. The van der Waals surface area contributed by atoms with E-state index in [0.717, 1.165) is 12.1 Å². The Bertz CT molecular complexity index is 1500. The minimum Gasteiger partial charge on any atom is -0.406 e. The van der Waals surface area contributed by atoms with Crippen molar-refractivity contribution in [3.8, 4) is 5.75 Å². The highest BCUT2D eigenvalue weighted by molar-refractivity contribution is 6.55. The van der Waals surface area contributed by atoms with Gasteiger partial charge in [0, 0.05) is 5.69 Å². The molecular weight excluding hydrogens is 539 g/mol. The Kier molecular flexibility index (Phi) is 7.82. The third-order valence-electron chi connectivity index (χ3n) is 5.29. The molecule has 2 aliphatic heterocycles. The lowest BCUT2D eigenvalue weighted by Crippen LogP contribution is -2.24. The van der Waals surface area contributed by atoms with E-state index >= 15 is 0 Å². The van der Waals surface area contributed by atoms with Crippen LogP contribution in [0, 0.1) is 0 Å². The fourth-order valence-corrected chi connectivity index (χ4v) is 3.88. The van der Waals surface area contributed by atoms with E-state index in [9.17, 15) is 32.3 Å². The van der Waals surface area contributed by atoms with Crippen LogP contribution in [0.5, 0.6) is 5.75 Å². The maximum absolute atomic E-state index is 12.2. The molecule has 0 unspecified atom stereocenters. The van der Waals surface area contributed by atoms with Gasteiger partial charge in [0.05, 0.1) is 11.1 Å². The number of ether oxygens (including phenoxy) is 1. The number of nitrogens with one attached hydrogen (secondary N) is 3. The van der Waals surface area contributed by atoms with Gasteiger partial charge in [-0.2, -0.15) is 0 Å². The van der Waals surface area contributed by atoms with E-state index in [4.69, 9.17) is 11.6 Å². The number of halogens is 4. The first-order valence-corrected chi connectivity index (χ1v) is 11.5. The Balaban J connectivity index is 0.000000212. The van der Waals surface area contributed by atoms with Crippen molar-refractivity contribution in [3.63, 3.8) is 0 Å². The smallest absolute Gasteiger partial charge is 0.406 e. The number of hydrogen-bond acceptors (Lipinski definition) is 6. The number of alkyl halides is 3. The first-order chi connectivity index (χ1) is 18.5. The lowest BCUT2D eigenvalue weighted by molar-refractivity contribution is -0.274. The van der Waals surface area contributed by atoms with Crippen molar-refractivity contribution in [2.75, 3.05) is 5.32 Å². The summed E-state index contributed by atoms with van der Waals surface area (Å²) in [5.74, 6) is -2.51. The van der Waals surface area contributed by atoms with Gasteiger partial charge in [-0.05, 0) is 35.4 Å². The van der Waals surface area contributed by atoms with E-state index in [1.54, 1.807) is 54.6 Å². The van der Waals surface area contributed by atoms with Gasteiger partial charge in [-0.15, -0.1) is 13.2 Å². The van der Waals surface area contributed by atoms with Gasteiger partial charge >= 0.3 is 6.36 Å². The zero-order chi connectivity index (χ0) is 28.2. The molecule has 3 aromatic rings. The van der Waals surface area contributed by atoms with Gasteiger partial charge in [0.15, 0.2) is 0 Å². The van der Waals surface area contributed by atoms with Crippen LogP contribution >= 0.6 is 11.6 Å². The average molecular weight is 556 g/mol. The molecule has 2 aliphatic rings. The van der Waals surface area contributed by atoms with Crippen LogP contribution in [0.4, 0.5) is 18.9 Å². The van der Waals surface area contributed by atoms with Crippen LogP contribution in [0.1, 0.15) is 11.1 Å². The molecular formula is C27H17ClF3N3O5. The number of rotatable bonds is 5. The Morgan fingerprint density at radius 1 is 0.641 bits per heavy atom. The summed E-state index contributed by atoms with van der Waals surface area (Å²) in [5, 5.41) is 7.05. The topological polar surface area (TPSA) is 114 Å². The van der Waals surface area contributed by atoms with Crippen LogP contribution in [0.25, 0.3) is 11.1 Å². The lowest BCUT2D eigenvalue weighted by Gasteiger charge is -2.11. The molecule has 0 spiro atoms. The van der Waals surface area contributed by atoms with Crippen LogP contribution in [-0.4, -0.2) is 30.0 Å². The second kappa shape index (κ2) is 11.2. The Morgan fingerprint density at radius 3 is 1.62 bits per heavy atom. The average Bonchev–Trinajstić information content (AvgIpc) is 3.32. The molecule has 198 valence electrons. The van der Waals surface area contributed by atoms with Gasteiger partial charge < -0.3 is 10.1 Å². The summed E-state index contributed by atoms with van der Waals surface area (Å²) in [6.07, 6.45) is -4.78. The monoisotopic (exact) mass is 555 g/mol. The SMILES string of the molecule is O=C1NC(=O)C(c2ccccc2)=C1Cl.O=C1NC(=O)C(c2ccccc2)=C1Nc1ccc(OC(F)(F)F)cc1. The number of hydrogen-bond donors (Lipinski definition) is 3. The molecule has 3 aromatic carbocycles. The molecule has 3 N–H and O–H groups in total. The summed E-state index contributed by atoms with van der Waals surface area (Å²) in [5.41, 5.74) is 1.98. The molecule has 4 amide bonds. The zero-order valence-corrected chi connectivity index (χ0v) is 20.4. The Hall–Kier alpha value is -4.90. The number of amides is 4. The van der Waals surface area contributed by atoms with Gasteiger partial charge in [0.1, 0.15) is 16.5 Å². The number of benzene rings is 3. The molecule has 0 aromatic heterocycles. The predicted octanol–water partition coefficient (Wildman–Crippen LogP) is 4.36. The highest BCUT2D eigenvalue weighted by Crippen LogP contribution is 2.28. The van der Waals surface area contributed by atoms with E-state index in [1.165, 1.54) is 12.1 Å². The molecule has 8 nitrogen and oxygen atoms in total. The molecule has 0 aliphatic carbocycles. The molecule has 5 rings (SSSR count). The summed E-state index contributed by atoms with van der Waals surface area (Å²) in [6, 6.07) is 22.2. The van der Waals surface area contributed by atoms with E-state index < -0.39 is 30.0 Å². The van der Waals surface area contributed by atoms with Gasteiger partial charge in [-0.1, -0.05) is 72.3 Å². The van der Waals surface area contributed by atoms with Crippen molar-refractivity contribution < 1.29 is 37.1 Å². The van der Waals surface area contributed by atoms with Crippen LogP contribution in [0.15, 0.2) is 95.7 Å². The second-order valence-corrected chi connectivity index (χ2v) is 8.31. The van der Waals surface area contributed by atoms with Crippen molar-refractivity contribution in [1.29, 1.82) is 0 Å². The largest absolute Gasteiger partial charge is 0.573 e. The predicted molar refractivity (Wildman–Crippen MR) is 136 cm³/mol. The van der Waals surface area contributed by atoms with Crippen LogP contribution in [0.2, 0.25) is 0 Å². The van der Waals surface area contributed by atoms with Crippen LogP contribution < -0.4 is 20.7 Å². The minimum absolute atomic E-state index is 0.0284. The van der Waals surface area contributed by atoms with Gasteiger partial charge in [0.2, 0.25) is 0 Å². The van der Waals surface area contributed by atoms with Gasteiger partial charge in [0.25, 0.3) is 23.6 Å². The first-order valence-electron chi connectivity index (χ1n) is 11.1. The maximum Gasteiger partial charge on any atom is 0.573 e. The van der Waals surface area contributed by atoms with Crippen molar-refractivity contribution in [3.05, 3.63) is 107 Å². The normalized spacial score (nSPS) is 15.1. The molecule has 0 saturated heterocycles. The van der Waals surface area contributed by atoms with Crippen molar-refractivity contribution in [2.24, 2.45) is 0 Å². The highest BCUT2D eigenvalue weighted by atomic mass is 35.5. The molecule has 39 heavy (non-hydrogen) atoms. The van der Waals surface area contributed by atoms with Gasteiger partial charge in [-0.25, -0.2) is 0 Å². The van der Waals surface area contributed by atoms with Crippen LogP contribution in [-0.2, 0) is 19.2 Å². The third kappa shape index (κ3) is 6.51. The standard InChI is InChI=1S/C17H11F3N2O3.C10H6ClNO2/c18-17(19,20)25-12-8-6-11(7-9-12)21-14-13(15(23)22-16(14)24)10-4-2-1-3-5-10;11-8-7(9(13)12-10(8)14)6-4-2-1-3-5-6/h1-9H,(H2,21,22,23,24);1-5H,(H,12,13,14). The molecule has 0 atom stereocenters. The quantitative estimate of drug-likeness (QED) is 0.403. The summed E-state index contributed by atoms with van der Waals surface area (Å²) in [6.45, 7) is 0. The molecule has 12 heteroatoms. The first kappa shape index (κ1) is 27.1. The second-order valence-electron chi connectivity index (χ2n) is 7.93. The maximum atomic E-state index is 12.2. The van der Waals surface area contributed by atoms with E-state index in [2.05, 4.69) is 20.7 Å². The Labute approximate surface area is 224 Å². The molecule has 2 heterocycles. The summed E-state index contributed by atoms with van der Waals surface area (Å²) in [4.78, 5) is 46.4. The molecule has 0 bridgehead atoms. The number of carbonyl (C=O) groups is 4. The number of anilines is 1. The van der Waals surface area contributed by atoms with Crippen molar-refractivity contribution >= 4 is 52.1 Å². The zero-order valence-electron chi connectivity index (χ0n) is 19.6. The van der Waals surface area contributed by atoms with Crippen LogP contribution in [0.3, 0.4) is 0 Å². The highest BCUT2D eigenvalue weighted by Gasteiger charge is 2.33. The van der Waals surface area contributed by atoms with E-state index in [1.807, 2.05) is 6.07 Å². The van der Waals surface area contributed by atoms with Crippen molar-refractivity contribution in [1.82, 2.24) is 10.6 Å².